The van der Waals surface area contributed by atoms with E-state index in [-0.39, 0.29) is 0 Å². The van der Waals surface area contributed by atoms with Gasteiger partial charge in [-0.25, -0.2) is 0 Å². The largest absolute Gasteiger partial charge is 0.0581 e. The van der Waals surface area contributed by atoms with Gasteiger partial charge in [-0.2, -0.15) is 0 Å². The minimum absolute atomic E-state index is 1.34. The van der Waals surface area contributed by atoms with Crippen molar-refractivity contribution in [3.8, 4) is 11.1 Å². The van der Waals surface area contributed by atoms with Gasteiger partial charge in [-0.15, -0.1) is 0 Å². The van der Waals surface area contributed by atoms with E-state index in [0.717, 1.165) is 0 Å². The molecule has 0 aromatic heterocycles. The topological polar surface area (TPSA) is 0 Å². The number of rotatable bonds is 0. The summed E-state index contributed by atoms with van der Waals surface area (Å²) >= 11 is 0. The molecule has 0 aromatic carbocycles. The third-order valence-electron chi connectivity index (χ3n) is 2.87. The molecule has 0 saturated heterocycles. The fourth-order valence-corrected chi connectivity index (χ4v) is 2.31. The van der Waals surface area contributed by atoms with Gasteiger partial charge in [0.1, 0.15) is 0 Å². The van der Waals surface area contributed by atoms with Crippen molar-refractivity contribution in [3.05, 3.63) is 46.5 Å². The minimum Gasteiger partial charge on any atom is -0.0581 e. The van der Waals surface area contributed by atoms with E-state index in [9.17, 15) is 0 Å². The second-order valence-electron chi connectivity index (χ2n) is 4.20. The van der Waals surface area contributed by atoms with E-state index in [0.29, 0.717) is 0 Å². The van der Waals surface area contributed by atoms with Crippen LogP contribution in [0.15, 0.2) is 24.3 Å². The Morgan fingerprint density at radius 2 is 1.36 bits per heavy atom. The number of hydrogen-bond donors (Lipinski definition) is 0. The molecular weight excluding hydrogens is 168 g/mol. The van der Waals surface area contributed by atoms with Crippen LogP contribution in [-0.2, 0) is 0 Å². The standard InChI is InChI=1S/C14H16/c1-9-7-11(3)13-6-5-10(2)14(13)12(4)8-9/h5-8H,1-4H3. The van der Waals surface area contributed by atoms with Gasteiger partial charge in [-0.3, -0.25) is 0 Å². The van der Waals surface area contributed by atoms with Crippen LogP contribution in [0, 0.1) is 27.7 Å². The molecule has 0 N–H and O–H groups in total. The van der Waals surface area contributed by atoms with Gasteiger partial charge in [0.2, 0.25) is 0 Å². The van der Waals surface area contributed by atoms with Gasteiger partial charge >= 0.3 is 0 Å². The Bertz CT molecular complexity index is 452. The van der Waals surface area contributed by atoms with Crippen molar-refractivity contribution in [1.82, 2.24) is 0 Å². The first-order valence-corrected chi connectivity index (χ1v) is 5.07. The molecule has 0 amide bonds. The van der Waals surface area contributed by atoms with E-state index in [4.69, 9.17) is 0 Å². The second-order valence-corrected chi connectivity index (χ2v) is 4.20. The highest BCUT2D eigenvalue weighted by Crippen LogP contribution is 2.32. The summed E-state index contributed by atoms with van der Waals surface area (Å²) in [5.41, 5.74) is 8.31. The number of aryl methyl sites for hydroxylation is 4. The van der Waals surface area contributed by atoms with Crippen LogP contribution in [0.5, 0.6) is 0 Å². The number of fused-ring (bicyclic) bond motifs is 1. The first-order valence-electron chi connectivity index (χ1n) is 5.07. The minimum atomic E-state index is 1.34. The highest BCUT2D eigenvalue weighted by molar-refractivity contribution is 5.76. The molecule has 2 rings (SSSR count). The van der Waals surface area contributed by atoms with Crippen molar-refractivity contribution in [2.45, 2.75) is 27.7 Å². The van der Waals surface area contributed by atoms with Gasteiger partial charge in [-0.05, 0) is 55.5 Å². The van der Waals surface area contributed by atoms with E-state index < -0.39 is 0 Å². The van der Waals surface area contributed by atoms with Crippen LogP contribution in [0.1, 0.15) is 22.3 Å². The summed E-state index contributed by atoms with van der Waals surface area (Å²) in [5.74, 6) is 0. The Morgan fingerprint density at radius 3 is 2.07 bits per heavy atom. The zero-order chi connectivity index (χ0) is 10.3. The van der Waals surface area contributed by atoms with E-state index in [2.05, 4.69) is 52.0 Å². The van der Waals surface area contributed by atoms with Crippen LogP contribution in [0.4, 0.5) is 0 Å². The Hall–Kier alpha value is -1.30. The first kappa shape index (κ1) is 9.26. The summed E-state index contributed by atoms with van der Waals surface area (Å²) in [6.07, 6.45) is 0. The summed E-state index contributed by atoms with van der Waals surface area (Å²) < 4.78 is 0. The van der Waals surface area contributed by atoms with Crippen LogP contribution in [0.25, 0.3) is 11.1 Å². The fraction of sp³-hybridized carbons (Fsp3) is 0.286. The molecule has 0 unspecified atom stereocenters. The molecule has 2 aliphatic rings. The lowest BCUT2D eigenvalue weighted by atomic mass is 10.0. The maximum absolute atomic E-state index is 2.27. The zero-order valence-electron chi connectivity index (χ0n) is 9.31. The summed E-state index contributed by atoms with van der Waals surface area (Å²) in [5, 5.41) is 0. The summed E-state index contributed by atoms with van der Waals surface area (Å²) in [7, 11) is 0. The summed E-state index contributed by atoms with van der Waals surface area (Å²) in [6.45, 7) is 8.73. The van der Waals surface area contributed by atoms with Crippen LogP contribution in [-0.4, -0.2) is 0 Å². The van der Waals surface area contributed by atoms with E-state index >= 15 is 0 Å². The average Bonchev–Trinajstić information content (AvgIpc) is 2.41. The lowest BCUT2D eigenvalue weighted by Crippen LogP contribution is -1.79. The van der Waals surface area contributed by atoms with Gasteiger partial charge in [-0.1, -0.05) is 29.8 Å². The maximum Gasteiger partial charge on any atom is -0.0123 e. The van der Waals surface area contributed by atoms with E-state index in [1.54, 1.807) is 0 Å². The summed E-state index contributed by atoms with van der Waals surface area (Å²) in [6, 6.07) is 8.96. The molecule has 0 heteroatoms. The molecule has 2 aliphatic carbocycles. The van der Waals surface area contributed by atoms with Crippen LogP contribution in [0.2, 0.25) is 0 Å². The highest BCUT2D eigenvalue weighted by Gasteiger charge is 2.10. The predicted molar refractivity (Wildman–Crippen MR) is 62.0 cm³/mol. The molecule has 14 heavy (non-hydrogen) atoms. The van der Waals surface area contributed by atoms with Gasteiger partial charge in [0.25, 0.3) is 0 Å². The monoisotopic (exact) mass is 184 g/mol. The molecule has 0 radical (unpaired) electrons. The second kappa shape index (κ2) is 3.13. The Kier molecular flexibility index (Phi) is 2.07. The van der Waals surface area contributed by atoms with Crippen molar-refractivity contribution in [1.29, 1.82) is 0 Å². The van der Waals surface area contributed by atoms with Crippen LogP contribution < -0.4 is 0 Å². The summed E-state index contributed by atoms with van der Waals surface area (Å²) in [4.78, 5) is 0. The van der Waals surface area contributed by atoms with Gasteiger partial charge in [0.05, 0.1) is 0 Å². The van der Waals surface area contributed by atoms with E-state index in [1.807, 2.05) is 0 Å². The van der Waals surface area contributed by atoms with Crippen molar-refractivity contribution < 1.29 is 0 Å². The van der Waals surface area contributed by atoms with Crippen LogP contribution >= 0.6 is 0 Å². The first-order chi connectivity index (χ1) is 6.59. The number of hydrogen-bond acceptors (Lipinski definition) is 0. The molecule has 0 heterocycles. The fourth-order valence-electron chi connectivity index (χ4n) is 2.31. The molecule has 0 aliphatic heterocycles. The van der Waals surface area contributed by atoms with E-state index in [1.165, 1.54) is 33.4 Å². The Morgan fingerprint density at radius 1 is 0.714 bits per heavy atom. The van der Waals surface area contributed by atoms with Gasteiger partial charge in [0.15, 0.2) is 0 Å². The van der Waals surface area contributed by atoms with Crippen molar-refractivity contribution in [2.75, 3.05) is 0 Å². The average molecular weight is 184 g/mol. The lowest BCUT2D eigenvalue weighted by Gasteiger charge is -2.01. The smallest absolute Gasteiger partial charge is 0.0123 e. The molecule has 0 saturated carbocycles. The molecule has 0 fully saturated rings. The van der Waals surface area contributed by atoms with Gasteiger partial charge in [0, 0.05) is 0 Å². The zero-order valence-corrected chi connectivity index (χ0v) is 9.31. The van der Waals surface area contributed by atoms with Crippen molar-refractivity contribution >= 4 is 0 Å². The quantitative estimate of drug-likeness (QED) is 0.580. The predicted octanol–water partition coefficient (Wildman–Crippen LogP) is 4.03. The molecular formula is C14H16. The van der Waals surface area contributed by atoms with Gasteiger partial charge < -0.3 is 0 Å². The molecule has 0 bridgehead atoms. The third-order valence-corrected chi connectivity index (χ3v) is 2.87. The molecule has 0 atom stereocenters. The lowest BCUT2D eigenvalue weighted by molar-refractivity contribution is 1.41. The molecule has 0 aromatic rings. The molecule has 72 valence electrons. The normalized spacial score (nSPS) is 10.9. The van der Waals surface area contributed by atoms with Crippen molar-refractivity contribution in [2.24, 2.45) is 0 Å². The van der Waals surface area contributed by atoms with Crippen LogP contribution in [0.3, 0.4) is 0 Å². The Balaban J connectivity index is 2.88. The Labute approximate surface area is 85.9 Å². The molecule has 0 spiro atoms. The molecule has 0 nitrogen and oxygen atoms in total. The SMILES string of the molecule is Cc1cc(C)c2ccc(C)c-2c(C)c1. The highest BCUT2D eigenvalue weighted by atomic mass is 14.1. The third kappa shape index (κ3) is 1.31. The van der Waals surface area contributed by atoms with Crippen molar-refractivity contribution in [3.63, 3.8) is 0 Å². The maximum atomic E-state index is 2.27.